The fourth-order valence-corrected chi connectivity index (χ4v) is 5.16. The molecular weight excluding hydrogens is 412 g/mol. The number of amides is 2. The van der Waals surface area contributed by atoms with Gasteiger partial charge in [0.2, 0.25) is 0 Å². The van der Waals surface area contributed by atoms with Gasteiger partial charge in [-0.3, -0.25) is 19.3 Å². The first-order valence-electron chi connectivity index (χ1n) is 10.4. The average Bonchev–Trinajstić information content (AvgIpc) is 3.23. The normalized spacial score (nSPS) is 15.4. The van der Waals surface area contributed by atoms with Gasteiger partial charge in [0.25, 0.3) is 11.8 Å². The summed E-state index contributed by atoms with van der Waals surface area (Å²) in [6.07, 6.45) is 3.57. The van der Waals surface area contributed by atoms with E-state index in [1.807, 2.05) is 36.4 Å². The number of carboxylic acids is 1. The summed E-state index contributed by atoms with van der Waals surface area (Å²) in [6, 6.07) is 18.4. The number of hydrogen-bond donors (Lipinski definition) is 2. The van der Waals surface area contributed by atoms with E-state index in [9.17, 15) is 19.5 Å². The molecule has 0 atom stereocenters. The van der Waals surface area contributed by atoms with Gasteiger partial charge in [0.05, 0.1) is 4.88 Å². The SMILES string of the molecule is O=C(O)CN(C(=O)C1(NC(=O)c2cc3ccccc3s2)CCCCC1)c1ccccc1. The van der Waals surface area contributed by atoms with E-state index in [0.717, 1.165) is 29.3 Å². The molecule has 3 aromatic rings. The summed E-state index contributed by atoms with van der Waals surface area (Å²) in [7, 11) is 0. The van der Waals surface area contributed by atoms with Crippen LogP contribution in [-0.4, -0.2) is 35.0 Å². The van der Waals surface area contributed by atoms with Crippen molar-refractivity contribution in [3.63, 3.8) is 0 Å². The van der Waals surface area contributed by atoms with Crippen LogP contribution < -0.4 is 10.2 Å². The minimum absolute atomic E-state index is 0.292. The van der Waals surface area contributed by atoms with Crippen molar-refractivity contribution < 1.29 is 19.5 Å². The lowest BCUT2D eigenvalue weighted by Gasteiger charge is -2.40. The number of carbonyl (C=O) groups is 3. The van der Waals surface area contributed by atoms with Gasteiger partial charge in [-0.05, 0) is 42.5 Å². The maximum absolute atomic E-state index is 13.7. The molecule has 31 heavy (non-hydrogen) atoms. The number of carbonyl (C=O) groups excluding carboxylic acids is 2. The second-order valence-electron chi connectivity index (χ2n) is 7.87. The number of hydrogen-bond acceptors (Lipinski definition) is 4. The van der Waals surface area contributed by atoms with Crippen molar-refractivity contribution in [1.29, 1.82) is 0 Å². The van der Waals surface area contributed by atoms with E-state index in [1.54, 1.807) is 24.3 Å². The molecule has 1 aliphatic rings. The van der Waals surface area contributed by atoms with Crippen molar-refractivity contribution in [1.82, 2.24) is 5.32 Å². The van der Waals surface area contributed by atoms with Gasteiger partial charge in [-0.2, -0.15) is 0 Å². The van der Waals surface area contributed by atoms with Crippen molar-refractivity contribution in [2.45, 2.75) is 37.6 Å². The van der Waals surface area contributed by atoms with Crippen molar-refractivity contribution in [2.75, 3.05) is 11.4 Å². The zero-order valence-electron chi connectivity index (χ0n) is 17.0. The van der Waals surface area contributed by atoms with Gasteiger partial charge < -0.3 is 10.4 Å². The van der Waals surface area contributed by atoms with Crippen LogP contribution in [0.1, 0.15) is 41.8 Å². The molecule has 160 valence electrons. The molecule has 4 rings (SSSR count). The Morgan fingerprint density at radius 3 is 2.32 bits per heavy atom. The number of nitrogens with one attached hydrogen (secondary N) is 1. The minimum atomic E-state index is -1.11. The first-order chi connectivity index (χ1) is 15.0. The summed E-state index contributed by atoms with van der Waals surface area (Å²) in [6.45, 7) is -0.455. The average molecular weight is 437 g/mol. The molecule has 6 nitrogen and oxygen atoms in total. The van der Waals surface area contributed by atoms with Crippen LogP contribution in [0.25, 0.3) is 10.1 Å². The quantitative estimate of drug-likeness (QED) is 0.598. The van der Waals surface area contributed by atoms with Crippen molar-refractivity contribution in [3.8, 4) is 0 Å². The van der Waals surface area contributed by atoms with Crippen LogP contribution >= 0.6 is 11.3 Å². The Balaban J connectivity index is 1.66. The molecule has 0 spiro atoms. The molecule has 0 bridgehead atoms. The lowest BCUT2D eigenvalue weighted by atomic mass is 9.80. The summed E-state index contributed by atoms with van der Waals surface area (Å²) in [5.74, 6) is -1.76. The number of rotatable bonds is 6. The summed E-state index contributed by atoms with van der Waals surface area (Å²) in [5.41, 5.74) is -0.604. The zero-order valence-corrected chi connectivity index (χ0v) is 17.9. The van der Waals surface area contributed by atoms with Crippen molar-refractivity contribution in [3.05, 3.63) is 65.5 Å². The standard InChI is InChI=1S/C24H24N2O4S/c27-21(28)16-26(18-10-3-1-4-11-18)23(30)24(13-7-2-8-14-24)25-22(29)20-15-17-9-5-6-12-19(17)31-20/h1,3-6,9-12,15H,2,7-8,13-14,16H2,(H,25,29)(H,27,28). The van der Waals surface area contributed by atoms with Gasteiger partial charge >= 0.3 is 5.97 Å². The third kappa shape index (κ3) is 4.46. The Morgan fingerprint density at radius 1 is 0.968 bits per heavy atom. The van der Waals surface area contributed by atoms with Gasteiger partial charge in [-0.25, -0.2) is 0 Å². The van der Waals surface area contributed by atoms with E-state index in [4.69, 9.17) is 0 Å². The first kappa shape index (κ1) is 21.1. The van der Waals surface area contributed by atoms with Gasteiger partial charge in [-0.15, -0.1) is 11.3 Å². The molecule has 2 aromatic carbocycles. The Morgan fingerprint density at radius 2 is 1.65 bits per heavy atom. The second kappa shape index (κ2) is 8.89. The fourth-order valence-electron chi connectivity index (χ4n) is 4.20. The molecule has 2 N–H and O–H groups in total. The predicted molar refractivity (Wildman–Crippen MR) is 122 cm³/mol. The Hall–Kier alpha value is -3.19. The second-order valence-corrected chi connectivity index (χ2v) is 8.95. The fraction of sp³-hybridized carbons (Fsp3) is 0.292. The Kier molecular flexibility index (Phi) is 6.04. The lowest BCUT2D eigenvalue weighted by molar-refractivity contribution is -0.137. The minimum Gasteiger partial charge on any atom is -0.480 e. The highest BCUT2D eigenvalue weighted by Gasteiger charge is 2.44. The molecule has 1 fully saturated rings. The van der Waals surface area contributed by atoms with Crippen molar-refractivity contribution >= 4 is 44.9 Å². The number of aliphatic carboxylic acids is 1. The molecular formula is C24H24N2O4S. The van der Waals surface area contributed by atoms with Crippen LogP contribution in [-0.2, 0) is 9.59 Å². The summed E-state index contributed by atoms with van der Waals surface area (Å²) in [5, 5.41) is 13.4. The van der Waals surface area contributed by atoms with E-state index in [1.165, 1.54) is 16.2 Å². The third-order valence-electron chi connectivity index (χ3n) is 5.73. The van der Waals surface area contributed by atoms with Gasteiger partial charge in [0.15, 0.2) is 0 Å². The van der Waals surface area contributed by atoms with Crippen LogP contribution in [0.2, 0.25) is 0 Å². The number of para-hydroxylation sites is 1. The molecule has 0 unspecified atom stereocenters. The number of benzene rings is 2. The van der Waals surface area contributed by atoms with E-state index >= 15 is 0 Å². The molecule has 7 heteroatoms. The van der Waals surface area contributed by atoms with Crippen LogP contribution in [0.4, 0.5) is 5.69 Å². The maximum Gasteiger partial charge on any atom is 0.323 e. The van der Waals surface area contributed by atoms with Gasteiger partial charge in [-0.1, -0.05) is 55.7 Å². The Bertz CT molecular complexity index is 1070. The first-order valence-corrected chi connectivity index (χ1v) is 11.2. The Labute approximate surface area is 184 Å². The summed E-state index contributed by atoms with van der Waals surface area (Å²) < 4.78 is 1.01. The highest BCUT2D eigenvalue weighted by Crippen LogP contribution is 2.33. The topological polar surface area (TPSA) is 86.7 Å². The number of thiophene rings is 1. The number of carboxylic acid groups (broad SMARTS) is 1. The molecule has 1 heterocycles. The largest absolute Gasteiger partial charge is 0.480 e. The van der Waals surface area contributed by atoms with E-state index in [-0.39, 0.29) is 11.8 Å². The smallest absolute Gasteiger partial charge is 0.323 e. The molecule has 1 aliphatic carbocycles. The number of nitrogens with zero attached hydrogens (tertiary/aromatic N) is 1. The number of fused-ring (bicyclic) bond motifs is 1. The highest BCUT2D eigenvalue weighted by atomic mass is 32.1. The van der Waals surface area contributed by atoms with Crippen LogP contribution in [0.3, 0.4) is 0 Å². The molecule has 0 radical (unpaired) electrons. The van der Waals surface area contributed by atoms with E-state index < -0.39 is 18.1 Å². The van der Waals surface area contributed by atoms with E-state index in [2.05, 4.69) is 5.32 Å². The highest BCUT2D eigenvalue weighted by molar-refractivity contribution is 7.20. The van der Waals surface area contributed by atoms with Crippen molar-refractivity contribution in [2.24, 2.45) is 0 Å². The zero-order chi connectivity index (χ0) is 21.8. The summed E-state index contributed by atoms with van der Waals surface area (Å²) in [4.78, 5) is 40.3. The van der Waals surface area contributed by atoms with E-state index in [0.29, 0.717) is 23.4 Å². The van der Waals surface area contributed by atoms with Gasteiger partial charge in [0.1, 0.15) is 12.1 Å². The lowest BCUT2D eigenvalue weighted by Crippen LogP contribution is -2.61. The molecule has 2 amide bonds. The van der Waals surface area contributed by atoms with Gasteiger partial charge in [0, 0.05) is 10.4 Å². The molecule has 0 aliphatic heterocycles. The van der Waals surface area contributed by atoms with Crippen LogP contribution in [0, 0.1) is 0 Å². The predicted octanol–water partition coefficient (Wildman–Crippen LogP) is 4.45. The molecule has 1 saturated carbocycles. The van der Waals surface area contributed by atoms with Crippen LogP contribution in [0.15, 0.2) is 60.7 Å². The van der Waals surface area contributed by atoms with Crippen LogP contribution in [0.5, 0.6) is 0 Å². The molecule has 1 aromatic heterocycles. The third-order valence-corrected chi connectivity index (χ3v) is 6.84. The summed E-state index contributed by atoms with van der Waals surface area (Å²) >= 11 is 1.39. The monoisotopic (exact) mass is 436 g/mol. The number of anilines is 1. The molecule has 0 saturated heterocycles. The maximum atomic E-state index is 13.7.